The van der Waals surface area contributed by atoms with E-state index in [1.165, 1.54) is 12.4 Å². The van der Waals surface area contributed by atoms with Gasteiger partial charge in [0.25, 0.3) is 0 Å². The molecule has 0 radical (unpaired) electrons. The van der Waals surface area contributed by atoms with Crippen LogP contribution in [0, 0.1) is 11.6 Å². The molecule has 33 heavy (non-hydrogen) atoms. The van der Waals surface area contributed by atoms with Crippen molar-refractivity contribution in [2.75, 3.05) is 18.4 Å². The largest absolute Gasteiger partial charge is 0.444 e. The molecular weight excluding hydrogens is 450 g/mol. The summed E-state index contributed by atoms with van der Waals surface area (Å²) in [6, 6.07) is 8.17. The van der Waals surface area contributed by atoms with Crippen LogP contribution in [0.4, 0.5) is 25.1 Å². The molecule has 1 amide bonds. The Kier molecular flexibility index (Phi) is 6.38. The summed E-state index contributed by atoms with van der Waals surface area (Å²) in [4.78, 5) is 22.8. The van der Waals surface area contributed by atoms with Gasteiger partial charge in [-0.05, 0) is 63.4 Å². The molecule has 6 nitrogen and oxygen atoms in total. The average molecular weight is 475 g/mol. The Balaban J connectivity index is 1.62. The van der Waals surface area contributed by atoms with Gasteiger partial charge in [-0.2, -0.15) is 0 Å². The smallest absolute Gasteiger partial charge is 0.410 e. The van der Waals surface area contributed by atoms with Crippen molar-refractivity contribution in [3.05, 3.63) is 58.9 Å². The number of nitrogens with one attached hydrogen (secondary N) is 1. The predicted molar refractivity (Wildman–Crippen MR) is 124 cm³/mol. The Morgan fingerprint density at radius 1 is 1.21 bits per heavy atom. The highest BCUT2D eigenvalue weighted by molar-refractivity contribution is 6.31. The predicted octanol–water partition coefficient (Wildman–Crippen LogP) is 6.42. The van der Waals surface area contributed by atoms with Gasteiger partial charge < -0.3 is 15.0 Å². The molecule has 174 valence electrons. The number of fused-ring (bicyclic) bond motifs is 1. The van der Waals surface area contributed by atoms with Crippen LogP contribution >= 0.6 is 11.6 Å². The Hall–Kier alpha value is -3.00. The summed E-state index contributed by atoms with van der Waals surface area (Å²) in [5, 5.41) is 3.01. The van der Waals surface area contributed by atoms with E-state index in [2.05, 4.69) is 15.3 Å². The van der Waals surface area contributed by atoms with Crippen molar-refractivity contribution in [3.8, 4) is 0 Å². The lowest BCUT2D eigenvalue weighted by atomic mass is 9.90. The number of halogens is 3. The van der Waals surface area contributed by atoms with Crippen LogP contribution in [0.3, 0.4) is 0 Å². The van der Waals surface area contributed by atoms with Crippen LogP contribution in [0.15, 0.2) is 36.7 Å². The SMILES string of the molecule is CC(C)(C)OC(=O)N1CCC[C@H](c2ccc3ncnc(Nc4ccc(F)c(Cl)c4F)c3c2)C1. The zero-order valence-corrected chi connectivity index (χ0v) is 19.4. The molecule has 1 atom stereocenters. The summed E-state index contributed by atoms with van der Waals surface area (Å²) in [7, 11) is 0. The molecule has 1 saturated heterocycles. The highest BCUT2D eigenvalue weighted by atomic mass is 35.5. The summed E-state index contributed by atoms with van der Waals surface area (Å²) in [5.74, 6) is -1.23. The number of rotatable bonds is 3. The number of benzene rings is 2. The Morgan fingerprint density at radius 3 is 2.76 bits per heavy atom. The maximum atomic E-state index is 14.4. The molecule has 4 rings (SSSR count). The fourth-order valence-electron chi connectivity index (χ4n) is 3.92. The monoisotopic (exact) mass is 474 g/mol. The number of hydrogen-bond donors (Lipinski definition) is 1. The number of anilines is 2. The highest BCUT2D eigenvalue weighted by Crippen LogP contribution is 2.33. The number of carbonyl (C=O) groups excluding carboxylic acids is 1. The number of nitrogens with zero attached hydrogens (tertiary/aromatic N) is 3. The molecule has 2 aromatic carbocycles. The molecule has 0 saturated carbocycles. The number of piperidine rings is 1. The van der Waals surface area contributed by atoms with Crippen molar-refractivity contribution in [2.24, 2.45) is 0 Å². The first-order chi connectivity index (χ1) is 15.6. The average Bonchev–Trinajstić information content (AvgIpc) is 2.78. The van der Waals surface area contributed by atoms with Crippen molar-refractivity contribution >= 4 is 40.1 Å². The number of ether oxygens (including phenoxy) is 1. The van der Waals surface area contributed by atoms with Crippen LogP contribution in [0.1, 0.15) is 45.1 Å². The first kappa shape index (κ1) is 23.2. The molecule has 0 unspecified atom stereocenters. The van der Waals surface area contributed by atoms with E-state index in [9.17, 15) is 13.6 Å². The summed E-state index contributed by atoms with van der Waals surface area (Å²) >= 11 is 5.71. The van der Waals surface area contributed by atoms with Gasteiger partial charge in [0.15, 0.2) is 5.82 Å². The van der Waals surface area contributed by atoms with Gasteiger partial charge in [0, 0.05) is 24.4 Å². The third-order valence-electron chi connectivity index (χ3n) is 5.49. The maximum absolute atomic E-state index is 14.4. The molecule has 9 heteroatoms. The Bertz CT molecular complexity index is 1200. The minimum Gasteiger partial charge on any atom is -0.444 e. The molecule has 0 bridgehead atoms. The topological polar surface area (TPSA) is 67.3 Å². The second-order valence-corrected chi connectivity index (χ2v) is 9.49. The van der Waals surface area contributed by atoms with E-state index in [0.29, 0.717) is 29.8 Å². The molecule has 2 heterocycles. The normalized spacial score (nSPS) is 16.7. The number of amides is 1. The van der Waals surface area contributed by atoms with Gasteiger partial charge >= 0.3 is 6.09 Å². The van der Waals surface area contributed by atoms with E-state index in [4.69, 9.17) is 16.3 Å². The van der Waals surface area contributed by atoms with Crippen LogP contribution in [-0.4, -0.2) is 39.7 Å². The molecule has 0 spiro atoms. The van der Waals surface area contributed by atoms with Gasteiger partial charge in [-0.1, -0.05) is 17.7 Å². The first-order valence-electron chi connectivity index (χ1n) is 10.8. The van der Waals surface area contributed by atoms with E-state index >= 15 is 0 Å². The summed E-state index contributed by atoms with van der Waals surface area (Å²) in [6.07, 6.45) is 2.83. The molecule has 1 aliphatic heterocycles. The van der Waals surface area contributed by atoms with Gasteiger partial charge in [-0.3, -0.25) is 0 Å². The molecule has 1 fully saturated rings. The standard InChI is InChI=1S/C24H25ClF2N4O2/c1-24(2,3)33-23(32)31-10-4-5-15(12-31)14-6-8-18-16(11-14)22(29-13-28-18)30-19-9-7-17(26)20(25)21(19)27/h6-9,11,13,15H,4-5,10,12H2,1-3H3,(H,28,29,30)/t15-/m0/s1. The summed E-state index contributed by atoms with van der Waals surface area (Å²) in [6.45, 7) is 6.74. The minimum atomic E-state index is -0.889. The van der Waals surface area contributed by atoms with Crippen molar-refractivity contribution in [1.29, 1.82) is 0 Å². The number of likely N-dealkylation sites (tertiary alicyclic amines) is 1. The highest BCUT2D eigenvalue weighted by Gasteiger charge is 2.28. The lowest BCUT2D eigenvalue weighted by Gasteiger charge is -2.34. The van der Waals surface area contributed by atoms with E-state index in [1.807, 2.05) is 39.0 Å². The van der Waals surface area contributed by atoms with Crippen molar-refractivity contribution in [3.63, 3.8) is 0 Å². The van der Waals surface area contributed by atoms with Crippen molar-refractivity contribution in [1.82, 2.24) is 14.9 Å². The van der Waals surface area contributed by atoms with Crippen molar-refractivity contribution < 1.29 is 18.3 Å². The molecule has 1 aromatic heterocycles. The summed E-state index contributed by atoms with van der Waals surface area (Å²) < 4.78 is 33.5. The van der Waals surface area contributed by atoms with Gasteiger partial charge in [-0.25, -0.2) is 23.5 Å². The second-order valence-electron chi connectivity index (χ2n) is 9.11. The van der Waals surface area contributed by atoms with Crippen LogP contribution in [-0.2, 0) is 4.74 Å². The van der Waals surface area contributed by atoms with E-state index in [-0.39, 0.29) is 17.7 Å². The van der Waals surface area contributed by atoms with Crippen LogP contribution in [0.2, 0.25) is 5.02 Å². The van der Waals surface area contributed by atoms with E-state index in [1.54, 1.807) is 4.90 Å². The molecular formula is C24H25ClF2N4O2. The van der Waals surface area contributed by atoms with Crippen LogP contribution < -0.4 is 5.32 Å². The zero-order chi connectivity index (χ0) is 23.8. The number of aromatic nitrogens is 2. The molecule has 0 aliphatic carbocycles. The molecule has 1 aliphatic rings. The molecule has 1 N–H and O–H groups in total. The van der Waals surface area contributed by atoms with E-state index < -0.39 is 22.3 Å². The lowest BCUT2D eigenvalue weighted by molar-refractivity contribution is 0.0198. The Morgan fingerprint density at radius 2 is 2.00 bits per heavy atom. The number of hydrogen-bond acceptors (Lipinski definition) is 5. The van der Waals surface area contributed by atoms with Gasteiger partial charge in [0.2, 0.25) is 0 Å². The quantitative estimate of drug-likeness (QED) is 0.444. The van der Waals surface area contributed by atoms with Crippen molar-refractivity contribution in [2.45, 2.75) is 45.1 Å². The fraction of sp³-hybridized carbons (Fsp3) is 0.375. The number of carbonyl (C=O) groups is 1. The minimum absolute atomic E-state index is 0.0144. The van der Waals surface area contributed by atoms with Crippen LogP contribution in [0.5, 0.6) is 0 Å². The third-order valence-corrected chi connectivity index (χ3v) is 5.84. The van der Waals surface area contributed by atoms with Gasteiger partial charge in [0.1, 0.15) is 28.6 Å². The lowest BCUT2D eigenvalue weighted by Crippen LogP contribution is -2.42. The maximum Gasteiger partial charge on any atom is 0.410 e. The zero-order valence-electron chi connectivity index (χ0n) is 18.7. The van der Waals surface area contributed by atoms with Crippen LogP contribution in [0.25, 0.3) is 10.9 Å². The van der Waals surface area contributed by atoms with Gasteiger partial charge in [-0.15, -0.1) is 0 Å². The summed E-state index contributed by atoms with van der Waals surface area (Å²) in [5.41, 5.74) is 1.15. The fourth-order valence-corrected chi connectivity index (χ4v) is 4.08. The van der Waals surface area contributed by atoms with E-state index in [0.717, 1.165) is 24.5 Å². The molecule has 3 aromatic rings. The third kappa shape index (κ3) is 5.16. The van der Waals surface area contributed by atoms with Gasteiger partial charge in [0.05, 0.1) is 11.2 Å². The first-order valence-corrected chi connectivity index (χ1v) is 11.1. The Labute approximate surface area is 195 Å². The second kappa shape index (κ2) is 9.09.